The first-order valence-electron chi connectivity index (χ1n) is 5.37. The van der Waals surface area contributed by atoms with Gasteiger partial charge in [-0.1, -0.05) is 25.1 Å². The number of fused-ring (bicyclic) bond motifs is 1. The number of aryl methyl sites for hydroxylation is 3. The highest BCUT2D eigenvalue weighted by Gasteiger charge is 2.12. The molecule has 0 bridgehead atoms. The lowest BCUT2D eigenvalue weighted by atomic mass is 10.1. The number of benzene rings is 1. The number of hydrogen-bond donors (Lipinski definition) is 1. The topological polar surface area (TPSA) is 25.2 Å². The van der Waals surface area contributed by atoms with Crippen LogP contribution in [-0.4, -0.2) is 9.67 Å². The average Bonchev–Trinajstić information content (AvgIpc) is 2.51. The highest BCUT2D eigenvalue weighted by Crippen LogP contribution is 2.27. The van der Waals surface area contributed by atoms with Crippen LogP contribution in [0.5, 0.6) is 0 Å². The van der Waals surface area contributed by atoms with Crippen molar-refractivity contribution in [1.82, 2.24) is 4.57 Å². The molecule has 2 aromatic rings. The average molecular weight is 203 g/mol. The molecule has 15 heavy (non-hydrogen) atoms. The number of aliphatic hydroxyl groups is 1. The van der Waals surface area contributed by atoms with Crippen LogP contribution < -0.4 is 0 Å². The standard InChI is InChI=1S/C13H17NO/c1-4-10-6-5-7-11-9(2)12(8-15)14(3)13(10)11/h5-7,15H,4,8H2,1-3H3. The van der Waals surface area contributed by atoms with Crippen molar-refractivity contribution in [1.29, 1.82) is 0 Å². The Morgan fingerprint density at radius 2 is 2.07 bits per heavy atom. The van der Waals surface area contributed by atoms with Gasteiger partial charge in [0.25, 0.3) is 0 Å². The van der Waals surface area contributed by atoms with Crippen molar-refractivity contribution >= 4 is 10.9 Å². The Morgan fingerprint density at radius 1 is 1.33 bits per heavy atom. The molecular weight excluding hydrogens is 186 g/mol. The quantitative estimate of drug-likeness (QED) is 0.797. The number of rotatable bonds is 2. The molecular formula is C13H17NO. The van der Waals surface area contributed by atoms with Gasteiger partial charge in [-0.15, -0.1) is 0 Å². The van der Waals surface area contributed by atoms with Gasteiger partial charge in [0.05, 0.1) is 12.1 Å². The summed E-state index contributed by atoms with van der Waals surface area (Å²) in [6.07, 6.45) is 1.03. The summed E-state index contributed by atoms with van der Waals surface area (Å²) in [6.45, 7) is 4.35. The van der Waals surface area contributed by atoms with E-state index in [0.29, 0.717) is 0 Å². The Morgan fingerprint density at radius 3 is 2.67 bits per heavy atom. The molecule has 0 fully saturated rings. The molecule has 0 saturated heterocycles. The zero-order valence-corrected chi connectivity index (χ0v) is 9.54. The lowest BCUT2D eigenvalue weighted by Gasteiger charge is -2.04. The molecule has 0 amide bonds. The lowest BCUT2D eigenvalue weighted by molar-refractivity contribution is 0.272. The van der Waals surface area contributed by atoms with Crippen LogP contribution in [0.1, 0.15) is 23.7 Å². The summed E-state index contributed by atoms with van der Waals surface area (Å²) < 4.78 is 2.11. The van der Waals surface area contributed by atoms with Crippen molar-refractivity contribution in [3.8, 4) is 0 Å². The zero-order chi connectivity index (χ0) is 11.0. The summed E-state index contributed by atoms with van der Waals surface area (Å²) in [5.74, 6) is 0. The Hall–Kier alpha value is -1.28. The molecule has 1 heterocycles. The summed E-state index contributed by atoms with van der Waals surface area (Å²) >= 11 is 0. The Kier molecular flexibility index (Phi) is 2.53. The molecule has 0 unspecified atom stereocenters. The summed E-state index contributed by atoms with van der Waals surface area (Å²) in [5.41, 5.74) is 4.83. The molecule has 0 aliphatic carbocycles. The molecule has 0 aliphatic heterocycles. The predicted molar refractivity (Wildman–Crippen MR) is 63.0 cm³/mol. The van der Waals surface area contributed by atoms with Gasteiger partial charge in [0, 0.05) is 18.1 Å². The van der Waals surface area contributed by atoms with E-state index in [-0.39, 0.29) is 6.61 Å². The lowest BCUT2D eigenvalue weighted by Crippen LogP contribution is -1.98. The first-order valence-corrected chi connectivity index (χ1v) is 5.37. The second-order valence-electron chi connectivity index (χ2n) is 3.96. The number of aliphatic hydroxyl groups excluding tert-OH is 1. The first kappa shape index (κ1) is 10.2. The summed E-state index contributed by atoms with van der Waals surface area (Å²) in [7, 11) is 2.03. The number of nitrogens with zero attached hydrogens (tertiary/aromatic N) is 1. The third-order valence-electron chi connectivity index (χ3n) is 3.23. The van der Waals surface area contributed by atoms with Crippen LogP contribution in [0.4, 0.5) is 0 Å². The molecule has 80 valence electrons. The fraction of sp³-hybridized carbons (Fsp3) is 0.385. The molecule has 0 radical (unpaired) electrons. The van der Waals surface area contributed by atoms with Crippen molar-refractivity contribution in [3.05, 3.63) is 35.0 Å². The van der Waals surface area contributed by atoms with Crippen LogP contribution in [0.3, 0.4) is 0 Å². The van der Waals surface area contributed by atoms with Crippen molar-refractivity contribution in [2.75, 3.05) is 0 Å². The minimum atomic E-state index is 0.111. The van der Waals surface area contributed by atoms with Gasteiger partial charge in [0.15, 0.2) is 0 Å². The van der Waals surface area contributed by atoms with Crippen molar-refractivity contribution in [2.24, 2.45) is 7.05 Å². The molecule has 0 aliphatic rings. The molecule has 2 heteroatoms. The summed E-state index contributed by atoms with van der Waals surface area (Å²) in [5, 5.41) is 10.6. The van der Waals surface area contributed by atoms with Crippen LogP contribution in [0.25, 0.3) is 10.9 Å². The van der Waals surface area contributed by atoms with Gasteiger partial charge in [-0.3, -0.25) is 0 Å². The second kappa shape index (κ2) is 3.70. The fourth-order valence-electron chi connectivity index (χ4n) is 2.34. The molecule has 1 aromatic heterocycles. The van der Waals surface area contributed by atoms with E-state index < -0.39 is 0 Å². The Balaban J connectivity index is 2.88. The maximum Gasteiger partial charge on any atom is 0.0835 e. The molecule has 0 saturated carbocycles. The highest BCUT2D eigenvalue weighted by atomic mass is 16.3. The van der Waals surface area contributed by atoms with Crippen LogP contribution >= 0.6 is 0 Å². The van der Waals surface area contributed by atoms with Crippen LogP contribution in [0.2, 0.25) is 0 Å². The number of para-hydroxylation sites is 1. The molecule has 1 aromatic carbocycles. The van der Waals surface area contributed by atoms with E-state index in [9.17, 15) is 5.11 Å². The van der Waals surface area contributed by atoms with E-state index in [0.717, 1.165) is 12.1 Å². The monoisotopic (exact) mass is 203 g/mol. The Bertz CT molecular complexity index is 497. The van der Waals surface area contributed by atoms with Gasteiger partial charge in [-0.05, 0) is 24.5 Å². The maximum atomic E-state index is 9.34. The molecule has 2 rings (SSSR count). The van der Waals surface area contributed by atoms with Gasteiger partial charge < -0.3 is 9.67 Å². The van der Waals surface area contributed by atoms with Crippen LogP contribution in [-0.2, 0) is 20.1 Å². The minimum Gasteiger partial charge on any atom is -0.390 e. The van der Waals surface area contributed by atoms with Crippen molar-refractivity contribution in [3.63, 3.8) is 0 Å². The van der Waals surface area contributed by atoms with E-state index in [4.69, 9.17) is 0 Å². The largest absolute Gasteiger partial charge is 0.390 e. The zero-order valence-electron chi connectivity index (χ0n) is 9.54. The fourth-order valence-corrected chi connectivity index (χ4v) is 2.34. The van der Waals surface area contributed by atoms with Crippen LogP contribution in [0, 0.1) is 6.92 Å². The van der Waals surface area contributed by atoms with E-state index >= 15 is 0 Å². The highest BCUT2D eigenvalue weighted by molar-refractivity contribution is 5.88. The smallest absolute Gasteiger partial charge is 0.0835 e. The third-order valence-corrected chi connectivity index (χ3v) is 3.23. The van der Waals surface area contributed by atoms with E-state index in [1.807, 2.05) is 7.05 Å². The van der Waals surface area contributed by atoms with Gasteiger partial charge in [-0.25, -0.2) is 0 Å². The SMILES string of the molecule is CCc1cccc2c(C)c(CO)n(C)c12. The molecule has 0 spiro atoms. The van der Waals surface area contributed by atoms with E-state index in [1.165, 1.54) is 22.0 Å². The molecule has 0 atom stereocenters. The minimum absolute atomic E-state index is 0.111. The van der Waals surface area contributed by atoms with Gasteiger partial charge in [0.2, 0.25) is 0 Å². The number of aromatic nitrogens is 1. The van der Waals surface area contributed by atoms with E-state index in [1.54, 1.807) is 0 Å². The Labute approximate surface area is 90.2 Å². The van der Waals surface area contributed by atoms with E-state index in [2.05, 4.69) is 36.6 Å². The van der Waals surface area contributed by atoms with Gasteiger partial charge in [0.1, 0.15) is 0 Å². The normalized spacial score (nSPS) is 11.2. The van der Waals surface area contributed by atoms with Gasteiger partial charge in [-0.2, -0.15) is 0 Å². The predicted octanol–water partition coefficient (Wildman–Crippen LogP) is 2.54. The van der Waals surface area contributed by atoms with Crippen molar-refractivity contribution < 1.29 is 5.11 Å². The number of hydrogen-bond acceptors (Lipinski definition) is 1. The maximum absolute atomic E-state index is 9.34. The summed E-state index contributed by atoms with van der Waals surface area (Å²) in [6, 6.07) is 6.38. The third kappa shape index (κ3) is 1.37. The van der Waals surface area contributed by atoms with Crippen molar-refractivity contribution in [2.45, 2.75) is 26.9 Å². The summed E-state index contributed by atoms with van der Waals surface area (Å²) in [4.78, 5) is 0. The van der Waals surface area contributed by atoms with Crippen LogP contribution in [0.15, 0.2) is 18.2 Å². The molecule has 1 N–H and O–H groups in total. The second-order valence-corrected chi connectivity index (χ2v) is 3.96. The first-order chi connectivity index (χ1) is 7.20. The molecule has 2 nitrogen and oxygen atoms in total. The van der Waals surface area contributed by atoms with Gasteiger partial charge >= 0.3 is 0 Å².